The largest absolute Gasteiger partial charge is 0.452 e. The first kappa shape index (κ1) is 8.47. The van der Waals surface area contributed by atoms with Crippen molar-refractivity contribution in [2.45, 2.75) is 12.2 Å². The van der Waals surface area contributed by atoms with Crippen molar-refractivity contribution >= 4 is 17.3 Å². The molecule has 68 valence electrons. The molecule has 1 aliphatic rings. The highest BCUT2D eigenvalue weighted by Gasteiger charge is 2.26. The number of ether oxygens (including phenoxy) is 1. The van der Waals surface area contributed by atoms with Crippen LogP contribution in [0.15, 0.2) is 29.7 Å². The van der Waals surface area contributed by atoms with Gasteiger partial charge in [0.25, 0.3) is 0 Å². The van der Waals surface area contributed by atoms with Crippen molar-refractivity contribution in [2.24, 2.45) is 0 Å². The lowest BCUT2D eigenvalue weighted by atomic mass is 10.2. The minimum Gasteiger partial charge on any atom is -0.452 e. The van der Waals surface area contributed by atoms with Crippen molar-refractivity contribution < 1.29 is 14.6 Å². The summed E-state index contributed by atoms with van der Waals surface area (Å²) in [6.07, 6.45) is 1.66. The van der Waals surface area contributed by atoms with E-state index in [9.17, 15) is 9.90 Å². The Kier molecular flexibility index (Phi) is 2.16. The Morgan fingerprint density at radius 1 is 1.62 bits per heavy atom. The van der Waals surface area contributed by atoms with Crippen LogP contribution >= 0.6 is 11.3 Å². The molecule has 1 aliphatic heterocycles. The Hall–Kier alpha value is -1.13. The van der Waals surface area contributed by atoms with Crippen molar-refractivity contribution in [2.75, 3.05) is 0 Å². The molecular formula is C9H8O3S. The summed E-state index contributed by atoms with van der Waals surface area (Å²) in [6, 6.07) is 3.67. The molecule has 2 heterocycles. The number of hydrogen-bond donors (Lipinski definition) is 1. The monoisotopic (exact) mass is 196 g/mol. The highest BCUT2D eigenvalue weighted by molar-refractivity contribution is 7.10. The van der Waals surface area contributed by atoms with E-state index < -0.39 is 12.2 Å². The van der Waals surface area contributed by atoms with E-state index in [1.165, 1.54) is 17.4 Å². The van der Waals surface area contributed by atoms with Gasteiger partial charge >= 0.3 is 5.97 Å². The normalized spacial score (nSPS) is 23.2. The van der Waals surface area contributed by atoms with E-state index in [-0.39, 0.29) is 5.97 Å². The van der Waals surface area contributed by atoms with Crippen LogP contribution in [0.1, 0.15) is 11.0 Å². The summed E-state index contributed by atoms with van der Waals surface area (Å²) in [4.78, 5) is 11.5. The molecule has 0 fully saturated rings. The molecule has 2 rings (SSSR count). The number of carbonyl (C=O) groups excluding carboxylic acids is 1. The quantitative estimate of drug-likeness (QED) is 0.724. The third kappa shape index (κ3) is 1.64. The smallest absolute Gasteiger partial charge is 0.331 e. The Balaban J connectivity index is 2.11. The number of aliphatic hydroxyl groups excluding tert-OH is 1. The number of rotatable bonds is 2. The number of cyclic esters (lactones) is 1. The van der Waals surface area contributed by atoms with Gasteiger partial charge in [0.1, 0.15) is 6.10 Å². The van der Waals surface area contributed by atoms with E-state index in [4.69, 9.17) is 4.74 Å². The molecule has 0 amide bonds. The molecule has 4 heteroatoms. The highest BCUT2D eigenvalue weighted by atomic mass is 32.1. The first-order valence-corrected chi connectivity index (χ1v) is 4.75. The molecule has 0 aromatic carbocycles. The fourth-order valence-electron chi connectivity index (χ4n) is 1.18. The molecule has 1 aromatic rings. The molecule has 0 bridgehead atoms. The van der Waals surface area contributed by atoms with Crippen molar-refractivity contribution in [1.29, 1.82) is 0 Å². The van der Waals surface area contributed by atoms with Gasteiger partial charge in [0.15, 0.2) is 6.10 Å². The number of carbonyl (C=O) groups is 1. The van der Waals surface area contributed by atoms with Crippen molar-refractivity contribution in [1.82, 2.24) is 0 Å². The van der Waals surface area contributed by atoms with Crippen LogP contribution < -0.4 is 0 Å². The lowest BCUT2D eigenvalue weighted by Crippen LogP contribution is -2.17. The maximum Gasteiger partial charge on any atom is 0.331 e. The van der Waals surface area contributed by atoms with E-state index >= 15 is 0 Å². The molecule has 0 spiro atoms. The predicted molar refractivity (Wildman–Crippen MR) is 48.3 cm³/mol. The van der Waals surface area contributed by atoms with Crippen LogP contribution in [-0.2, 0) is 9.53 Å². The molecule has 0 saturated carbocycles. The van der Waals surface area contributed by atoms with Crippen LogP contribution in [0, 0.1) is 0 Å². The van der Waals surface area contributed by atoms with Crippen LogP contribution in [0.2, 0.25) is 0 Å². The van der Waals surface area contributed by atoms with Gasteiger partial charge in [0, 0.05) is 11.0 Å². The number of aliphatic hydroxyl groups is 1. The van der Waals surface area contributed by atoms with E-state index in [0.29, 0.717) is 0 Å². The molecule has 0 radical (unpaired) electrons. The van der Waals surface area contributed by atoms with Crippen molar-refractivity contribution in [3.05, 3.63) is 34.5 Å². The van der Waals surface area contributed by atoms with Gasteiger partial charge in [-0.05, 0) is 17.5 Å². The lowest BCUT2D eigenvalue weighted by Gasteiger charge is -2.14. The number of esters is 1. The Bertz CT molecular complexity index is 329. The van der Waals surface area contributed by atoms with Gasteiger partial charge < -0.3 is 9.84 Å². The summed E-state index contributed by atoms with van der Waals surface area (Å²) in [7, 11) is 0. The van der Waals surface area contributed by atoms with Crippen LogP contribution in [0.3, 0.4) is 0 Å². The standard InChI is InChI=1S/C9H8O3S/c10-8-4-3-6(12-8)9(11)7-2-1-5-13-7/h1-6,9,11H/t6-,9+/m0/s1. The van der Waals surface area contributed by atoms with E-state index in [2.05, 4.69) is 0 Å². The molecule has 1 N–H and O–H groups in total. The van der Waals surface area contributed by atoms with Gasteiger partial charge in [-0.2, -0.15) is 0 Å². The van der Waals surface area contributed by atoms with Gasteiger partial charge in [0.05, 0.1) is 0 Å². The second-order valence-corrected chi connectivity index (χ2v) is 3.70. The zero-order valence-corrected chi connectivity index (χ0v) is 7.53. The SMILES string of the molecule is O=C1C=C[C@@H]([C@@H](O)c2cccs2)O1. The Morgan fingerprint density at radius 3 is 3.00 bits per heavy atom. The minimum atomic E-state index is -0.734. The minimum absolute atomic E-state index is 0.388. The van der Waals surface area contributed by atoms with Gasteiger partial charge in [-0.25, -0.2) is 4.79 Å². The summed E-state index contributed by atoms with van der Waals surface area (Å²) in [6.45, 7) is 0. The summed E-state index contributed by atoms with van der Waals surface area (Å²) in [5, 5.41) is 11.6. The number of hydrogen-bond acceptors (Lipinski definition) is 4. The summed E-state index contributed by atoms with van der Waals surface area (Å²) >= 11 is 1.44. The lowest BCUT2D eigenvalue weighted by molar-refractivity contribution is -0.142. The molecule has 2 atom stereocenters. The summed E-state index contributed by atoms with van der Waals surface area (Å²) in [5.74, 6) is -0.388. The second-order valence-electron chi connectivity index (χ2n) is 2.72. The van der Waals surface area contributed by atoms with Gasteiger partial charge in [-0.1, -0.05) is 6.07 Å². The molecule has 0 unspecified atom stereocenters. The second kappa shape index (κ2) is 3.32. The third-order valence-electron chi connectivity index (χ3n) is 1.82. The molecule has 1 aromatic heterocycles. The topological polar surface area (TPSA) is 46.5 Å². The van der Waals surface area contributed by atoms with Crippen LogP contribution in [0.25, 0.3) is 0 Å². The molecule has 3 nitrogen and oxygen atoms in total. The molecule has 0 aliphatic carbocycles. The van der Waals surface area contributed by atoms with Crippen LogP contribution in [-0.4, -0.2) is 17.2 Å². The first-order chi connectivity index (χ1) is 6.27. The summed E-state index contributed by atoms with van der Waals surface area (Å²) < 4.78 is 4.85. The Morgan fingerprint density at radius 2 is 2.46 bits per heavy atom. The maximum atomic E-state index is 10.7. The highest BCUT2D eigenvalue weighted by Crippen LogP contribution is 2.26. The molecular weight excluding hydrogens is 188 g/mol. The maximum absolute atomic E-state index is 10.7. The fraction of sp³-hybridized carbons (Fsp3) is 0.222. The van der Waals surface area contributed by atoms with Gasteiger partial charge in [-0.3, -0.25) is 0 Å². The number of thiophene rings is 1. The average molecular weight is 196 g/mol. The first-order valence-electron chi connectivity index (χ1n) is 3.87. The van der Waals surface area contributed by atoms with E-state index in [0.717, 1.165) is 4.88 Å². The zero-order valence-electron chi connectivity index (χ0n) is 6.71. The van der Waals surface area contributed by atoms with E-state index in [1.54, 1.807) is 6.08 Å². The predicted octanol–water partition coefficient (Wildman–Crippen LogP) is 1.26. The van der Waals surface area contributed by atoms with Crippen molar-refractivity contribution in [3.8, 4) is 0 Å². The fourth-order valence-corrected chi connectivity index (χ4v) is 1.92. The zero-order chi connectivity index (χ0) is 9.26. The van der Waals surface area contributed by atoms with Crippen LogP contribution in [0.5, 0.6) is 0 Å². The molecule has 13 heavy (non-hydrogen) atoms. The third-order valence-corrected chi connectivity index (χ3v) is 2.76. The van der Waals surface area contributed by atoms with Gasteiger partial charge in [0.2, 0.25) is 0 Å². The molecule has 0 saturated heterocycles. The summed E-state index contributed by atoms with van der Waals surface area (Å²) in [5.41, 5.74) is 0. The van der Waals surface area contributed by atoms with Crippen LogP contribution in [0.4, 0.5) is 0 Å². The van der Waals surface area contributed by atoms with Crippen molar-refractivity contribution in [3.63, 3.8) is 0 Å². The van der Waals surface area contributed by atoms with Gasteiger partial charge in [-0.15, -0.1) is 11.3 Å². The van der Waals surface area contributed by atoms with E-state index in [1.807, 2.05) is 17.5 Å². The average Bonchev–Trinajstić information content (AvgIpc) is 2.72. The Labute approximate surface area is 79.3 Å².